The van der Waals surface area contributed by atoms with Crippen LogP contribution in [-0.4, -0.2) is 53.8 Å². The monoisotopic (exact) mass is 524 g/mol. The van der Waals surface area contributed by atoms with Crippen molar-refractivity contribution in [1.29, 1.82) is 0 Å². The molecule has 1 aromatic heterocycles. The number of nitrogens with one attached hydrogen (secondary N) is 1. The van der Waals surface area contributed by atoms with Crippen molar-refractivity contribution < 1.29 is 13.3 Å². The Labute approximate surface area is 217 Å². The van der Waals surface area contributed by atoms with Crippen LogP contribution in [0.3, 0.4) is 0 Å². The van der Waals surface area contributed by atoms with Gasteiger partial charge in [-0.1, -0.05) is 44.2 Å². The number of nitrogens with zero attached hydrogens (tertiary/aromatic N) is 5. The Morgan fingerprint density at radius 1 is 1.03 bits per heavy atom. The summed E-state index contributed by atoms with van der Waals surface area (Å²) in [7, 11) is -3.59. The first-order valence-corrected chi connectivity index (χ1v) is 13.9. The van der Waals surface area contributed by atoms with E-state index < -0.39 is 14.9 Å². The minimum atomic E-state index is -3.59. The SMILES string of the molecule is CCN(CC)S(=O)(=O)c1ccc(Nc2ncnc(N3CCC(Cc4ccccc4)CC3)c2[N+](=O)[O-])cc1. The fraction of sp³-hybridized carbons (Fsp3) is 0.385. The van der Waals surface area contributed by atoms with Crippen LogP contribution in [0.4, 0.5) is 23.0 Å². The molecule has 0 amide bonds. The first-order chi connectivity index (χ1) is 17.8. The molecule has 0 aliphatic carbocycles. The molecule has 0 unspecified atom stereocenters. The van der Waals surface area contributed by atoms with E-state index in [4.69, 9.17) is 0 Å². The zero-order chi connectivity index (χ0) is 26.4. The highest BCUT2D eigenvalue weighted by Gasteiger charge is 2.30. The highest BCUT2D eigenvalue weighted by atomic mass is 32.2. The summed E-state index contributed by atoms with van der Waals surface area (Å²) >= 11 is 0. The standard InChI is InChI=1S/C26H32N6O4S/c1-3-31(4-2)37(35,36)23-12-10-22(11-13-23)29-25-24(32(33)34)26(28-19-27-25)30-16-14-21(15-17-30)18-20-8-6-5-7-9-20/h5-13,19,21H,3-4,14-18H2,1-2H3,(H,27,28,29). The van der Waals surface area contributed by atoms with Gasteiger partial charge in [0.05, 0.1) is 9.82 Å². The van der Waals surface area contributed by atoms with Crippen molar-refractivity contribution in [2.24, 2.45) is 5.92 Å². The summed E-state index contributed by atoms with van der Waals surface area (Å²) < 4.78 is 26.9. The summed E-state index contributed by atoms with van der Waals surface area (Å²) in [4.78, 5) is 22.1. The molecule has 3 aromatic rings. The Kier molecular flexibility index (Phi) is 8.34. The third-order valence-corrected chi connectivity index (χ3v) is 8.79. The lowest BCUT2D eigenvalue weighted by atomic mass is 9.90. The molecule has 1 aliphatic rings. The molecule has 10 nitrogen and oxygen atoms in total. The van der Waals surface area contributed by atoms with Gasteiger partial charge in [0.15, 0.2) is 0 Å². The number of piperidine rings is 1. The molecule has 37 heavy (non-hydrogen) atoms. The number of hydrogen-bond donors (Lipinski definition) is 1. The predicted molar refractivity (Wildman–Crippen MR) is 144 cm³/mol. The van der Waals surface area contributed by atoms with Gasteiger partial charge in [0.1, 0.15) is 6.33 Å². The second-order valence-corrected chi connectivity index (χ2v) is 10.9. The maximum Gasteiger partial charge on any atom is 0.353 e. The van der Waals surface area contributed by atoms with Crippen molar-refractivity contribution >= 4 is 33.0 Å². The Bertz CT molecular complexity index is 1310. The van der Waals surface area contributed by atoms with Crippen LogP contribution in [0.5, 0.6) is 0 Å². The molecule has 11 heteroatoms. The maximum absolute atomic E-state index is 12.7. The van der Waals surface area contributed by atoms with E-state index in [1.54, 1.807) is 26.0 Å². The fourth-order valence-corrected chi connectivity index (χ4v) is 6.17. The molecule has 0 radical (unpaired) electrons. The largest absolute Gasteiger partial charge is 0.353 e. The van der Waals surface area contributed by atoms with Gasteiger partial charge in [0.2, 0.25) is 21.7 Å². The average Bonchev–Trinajstić information content (AvgIpc) is 2.90. The van der Waals surface area contributed by atoms with E-state index in [9.17, 15) is 18.5 Å². The van der Waals surface area contributed by atoms with Gasteiger partial charge in [0.25, 0.3) is 0 Å². The highest BCUT2D eigenvalue weighted by molar-refractivity contribution is 7.89. The number of sulfonamides is 1. The van der Waals surface area contributed by atoms with Gasteiger partial charge in [-0.15, -0.1) is 0 Å². The van der Waals surface area contributed by atoms with Crippen molar-refractivity contribution in [3.8, 4) is 0 Å². The molecule has 1 aliphatic heterocycles. The second-order valence-electron chi connectivity index (χ2n) is 9.01. The minimum Gasteiger partial charge on any atom is -0.351 e. The lowest BCUT2D eigenvalue weighted by molar-refractivity contribution is -0.383. The molecule has 2 heterocycles. The number of nitro groups is 1. The third-order valence-electron chi connectivity index (χ3n) is 6.73. The molecule has 0 bridgehead atoms. The summed E-state index contributed by atoms with van der Waals surface area (Å²) in [5.41, 5.74) is 1.60. The zero-order valence-electron chi connectivity index (χ0n) is 21.1. The number of benzene rings is 2. The minimum absolute atomic E-state index is 0.0701. The molecular formula is C26H32N6O4S. The normalized spacial score (nSPS) is 14.6. The van der Waals surface area contributed by atoms with Crippen LogP contribution in [0.15, 0.2) is 65.8 Å². The van der Waals surface area contributed by atoms with Gasteiger partial charge in [-0.25, -0.2) is 18.4 Å². The summed E-state index contributed by atoms with van der Waals surface area (Å²) in [6.45, 7) is 5.67. The van der Waals surface area contributed by atoms with Gasteiger partial charge in [-0.3, -0.25) is 10.1 Å². The van der Waals surface area contributed by atoms with Gasteiger partial charge < -0.3 is 10.2 Å². The van der Waals surface area contributed by atoms with Crippen LogP contribution in [0.25, 0.3) is 0 Å². The van der Waals surface area contributed by atoms with Gasteiger partial charge in [-0.05, 0) is 55.0 Å². The molecule has 1 fully saturated rings. The molecule has 2 aromatic carbocycles. The molecule has 0 atom stereocenters. The van der Waals surface area contributed by atoms with E-state index in [1.807, 2.05) is 23.1 Å². The smallest absolute Gasteiger partial charge is 0.351 e. The first-order valence-electron chi connectivity index (χ1n) is 12.5. The van der Waals surface area contributed by atoms with Crippen molar-refractivity contribution in [3.05, 3.63) is 76.6 Å². The number of rotatable bonds is 10. The van der Waals surface area contributed by atoms with Gasteiger partial charge in [0, 0.05) is 31.9 Å². The molecule has 196 valence electrons. The van der Waals surface area contributed by atoms with Crippen LogP contribution in [0.2, 0.25) is 0 Å². The van der Waals surface area contributed by atoms with Crippen LogP contribution in [-0.2, 0) is 16.4 Å². The van der Waals surface area contributed by atoms with Crippen LogP contribution >= 0.6 is 0 Å². The van der Waals surface area contributed by atoms with E-state index in [0.29, 0.717) is 43.6 Å². The number of aromatic nitrogens is 2. The van der Waals surface area contributed by atoms with Crippen LogP contribution < -0.4 is 10.2 Å². The first kappa shape index (κ1) is 26.5. The molecule has 0 saturated carbocycles. The summed E-state index contributed by atoms with van der Waals surface area (Å²) in [6.07, 6.45) is 4.15. The van der Waals surface area contributed by atoms with Gasteiger partial charge >= 0.3 is 5.69 Å². The van der Waals surface area contributed by atoms with Crippen LogP contribution in [0.1, 0.15) is 32.3 Å². The summed E-state index contributed by atoms with van der Waals surface area (Å²) in [6, 6.07) is 16.5. The Hall–Kier alpha value is -3.57. The van der Waals surface area contributed by atoms with Crippen molar-refractivity contribution in [2.75, 3.05) is 36.4 Å². The van der Waals surface area contributed by atoms with E-state index in [1.165, 1.54) is 28.3 Å². The summed E-state index contributed by atoms with van der Waals surface area (Å²) in [5, 5.41) is 15.1. The fourth-order valence-electron chi connectivity index (χ4n) is 4.72. The predicted octanol–water partition coefficient (Wildman–Crippen LogP) is 4.62. The van der Waals surface area contributed by atoms with Crippen molar-refractivity contribution in [1.82, 2.24) is 14.3 Å². The Morgan fingerprint density at radius 3 is 2.27 bits per heavy atom. The van der Waals surface area contributed by atoms with E-state index in [-0.39, 0.29) is 16.4 Å². The molecule has 0 spiro atoms. The molecule has 1 N–H and O–H groups in total. The van der Waals surface area contributed by atoms with Crippen molar-refractivity contribution in [3.63, 3.8) is 0 Å². The summed E-state index contributed by atoms with van der Waals surface area (Å²) in [5.74, 6) is 0.880. The van der Waals surface area contributed by atoms with E-state index in [0.717, 1.165) is 19.3 Å². The van der Waals surface area contributed by atoms with E-state index >= 15 is 0 Å². The van der Waals surface area contributed by atoms with Crippen molar-refractivity contribution in [2.45, 2.75) is 38.0 Å². The van der Waals surface area contributed by atoms with E-state index in [2.05, 4.69) is 27.4 Å². The lowest BCUT2D eigenvalue weighted by Crippen LogP contribution is -2.35. The molecule has 1 saturated heterocycles. The topological polar surface area (TPSA) is 122 Å². The molecule has 4 rings (SSSR count). The Morgan fingerprint density at radius 2 is 1.68 bits per heavy atom. The quantitative estimate of drug-likeness (QED) is 0.301. The Balaban J connectivity index is 1.50. The number of anilines is 3. The average molecular weight is 525 g/mol. The highest BCUT2D eigenvalue weighted by Crippen LogP contribution is 2.36. The molecular weight excluding hydrogens is 492 g/mol. The maximum atomic E-state index is 12.7. The zero-order valence-corrected chi connectivity index (χ0v) is 21.9. The lowest BCUT2D eigenvalue weighted by Gasteiger charge is -2.32. The second kappa shape index (κ2) is 11.7. The number of hydrogen-bond acceptors (Lipinski definition) is 8. The van der Waals surface area contributed by atoms with Gasteiger partial charge in [-0.2, -0.15) is 4.31 Å². The van der Waals surface area contributed by atoms with Crippen LogP contribution in [0, 0.1) is 16.0 Å². The third kappa shape index (κ3) is 6.05.